The number of benzene rings is 1. The molecule has 116 valence electrons. The molecule has 2 amide bonds. The predicted octanol–water partition coefficient (Wildman–Crippen LogP) is 1.09. The van der Waals surface area contributed by atoms with Crippen molar-refractivity contribution in [1.29, 1.82) is 0 Å². The van der Waals surface area contributed by atoms with Crippen LogP contribution in [0.5, 0.6) is 5.75 Å². The van der Waals surface area contributed by atoms with Gasteiger partial charge in [0.15, 0.2) is 0 Å². The second-order valence-electron chi connectivity index (χ2n) is 4.59. The Labute approximate surface area is 125 Å². The molecule has 1 rings (SSSR count). The van der Waals surface area contributed by atoms with Gasteiger partial charge in [-0.15, -0.1) is 0 Å². The number of hydrogen-bond donors (Lipinski definition) is 2. The van der Waals surface area contributed by atoms with Gasteiger partial charge in [0.1, 0.15) is 5.75 Å². The van der Waals surface area contributed by atoms with Gasteiger partial charge >= 0.3 is 0 Å². The highest BCUT2D eigenvalue weighted by Crippen LogP contribution is 2.22. The highest BCUT2D eigenvalue weighted by atomic mass is 16.5. The molecule has 0 saturated heterocycles. The van der Waals surface area contributed by atoms with Gasteiger partial charge in [-0.2, -0.15) is 0 Å². The Hall–Kier alpha value is -2.08. The van der Waals surface area contributed by atoms with Gasteiger partial charge in [0, 0.05) is 6.54 Å². The van der Waals surface area contributed by atoms with Crippen LogP contribution in [0.3, 0.4) is 0 Å². The largest absolute Gasteiger partial charge is 0.495 e. The maximum Gasteiger partial charge on any atom is 0.244 e. The summed E-state index contributed by atoms with van der Waals surface area (Å²) in [6.07, 6.45) is 0.803. The van der Waals surface area contributed by atoms with E-state index < -0.39 is 0 Å². The summed E-state index contributed by atoms with van der Waals surface area (Å²) in [5.74, 6) is 0.265. The standard InChI is InChI=1S/C15H23N3O3/c1-4-9-18(15(20)10-16-2)11-14(19)17-12-7-5-6-8-13(12)21-3/h5-8,16H,4,9-11H2,1-3H3,(H,17,19). The van der Waals surface area contributed by atoms with Crippen LogP contribution < -0.4 is 15.4 Å². The third-order valence-electron chi connectivity index (χ3n) is 2.89. The van der Waals surface area contributed by atoms with Gasteiger partial charge < -0.3 is 20.3 Å². The minimum absolute atomic E-state index is 0.0341. The molecule has 0 spiro atoms. The van der Waals surface area contributed by atoms with Crippen molar-refractivity contribution in [2.45, 2.75) is 13.3 Å². The summed E-state index contributed by atoms with van der Waals surface area (Å²) in [6, 6.07) is 7.17. The van der Waals surface area contributed by atoms with Gasteiger partial charge in [-0.05, 0) is 25.6 Å². The third kappa shape index (κ3) is 5.43. The van der Waals surface area contributed by atoms with Crippen LogP contribution >= 0.6 is 0 Å². The van der Waals surface area contributed by atoms with E-state index in [0.717, 1.165) is 6.42 Å². The molecule has 6 heteroatoms. The summed E-state index contributed by atoms with van der Waals surface area (Å²) in [4.78, 5) is 25.5. The van der Waals surface area contributed by atoms with Crippen LogP contribution in [0.15, 0.2) is 24.3 Å². The number of rotatable bonds is 8. The molecule has 0 saturated carbocycles. The van der Waals surface area contributed by atoms with E-state index in [1.807, 2.05) is 19.1 Å². The first-order valence-electron chi connectivity index (χ1n) is 6.97. The third-order valence-corrected chi connectivity index (χ3v) is 2.89. The van der Waals surface area contributed by atoms with Crippen molar-refractivity contribution in [3.63, 3.8) is 0 Å². The molecule has 21 heavy (non-hydrogen) atoms. The Morgan fingerprint density at radius 2 is 2.00 bits per heavy atom. The summed E-state index contributed by atoms with van der Waals surface area (Å²) >= 11 is 0. The van der Waals surface area contributed by atoms with Crippen LogP contribution in [-0.4, -0.2) is 50.5 Å². The Morgan fingerprint density at radius 3 is 2.62 bits per heavy atom. The minimum atomic E-state index is -0.239. The fourth-order valence-electron chi connectivity index (χ4n) is 1.94. The number of carbonyl (C=O) groups excluding carboxylic acids is 2. The average Bonchev–Trinajstić information content (AvgIpc) is 2.47. The molecule has 0 aliphatic heterocycles. The highest BCUT2D eigenvalue weighted by Gasteiger charge is 2.16. The van der Waals surface area contributed by atoms with Crippen LogP contribution in [0.1, 0.15) is 13.3 Å². The SMILES string of the molecule is CCCN(CC(=O)Nc1ccccc1OC)C(=O)CNC. The lowest BCUT2D eigenvalue weighted by molar-refractivity contribution is -0.133. The Balaban J connectivity index is 2.67. The number of nitrogens with zero attached hydrogens (tertiary/aromatic N) is 1. The maximum atomic E-state index is 12.1. The lowest BCUT2D eigenvalue weighted by Gasteiger charge is -2.21. The predicted molar refractivity (Wildman–Crippen MR) is 82.4 cm³/mol. The Kier molecular flexibility index (Phi) is 7.25. The maximum absolute atomic E-state index is 12.1. The van der Waals surface area contributed by atoms with E-state index in [1.165, 1.54) is 0 Å². The molecular formula is C15H23N3O3. The van der Waals surface area contributed by atoms with E-state index in [4.69, 9.17) is 4.74 Å². The van der Waals surface area contributed by atoms with Crippen molar-refractivity contribution in [2.75, 3.05) is 39.1 Å². The first-order chi connectivity index (χ1) is 10.1. The Bertz CT molecular complexity index is 477. The van der Waals surface area contributed by atoms with Crippen molar-refractivity contribution in [1.82, 2.24) is 10.2 Å². The number of anilines is 1. The first kappa shape index (κ1) is 17.0. The molecule has 0 aliphatic rings. The molecule has 0 radical (unpaired) electrons. The van der Waals surface area contributed by atoms with Gasteiger partial charge in [-0.25, -0.2) is 0 Å². The second-order valence-corrected chi connectivity index (χ2v) is 4.59. The number of hydrogen-bond acceptors (Lipinski definition) is 4. The molecule has 0 bridgehead atoms. The van der Waals surface area contributed by atoms with Crippen LogP contribution in [0.2, 0.25) is 0 Å². The van der Waals surface area contributed by atoms with Crippen molar-refractivity contribution in [3.05, 3.63) is 24.3 Å². The summed E-state index contributed by atoms with van der Waals surface area (Å²) in [7, 11) is 3.25. The van der Waals surface area contributed by atoms with Crippen molar-refractivity contribution in [2.24, 2.45) is 0 Å². The lowest BCUT2D eigenvalue weighted by atomic mass is 10.3. The second kappa shape index (κ2) is 8.97. The lowest BCUT2D eigenvalue weighted by Crippen LogP contribution is -2.42. The highest BCUT2D eigenvalue weighted by molar-refractivity contribution is 5.95. The molecule has 0 heterocycles. The van der Waals surface area contributed by atoms with Gasteiger partial charge in [-0.1, -0.05) is 19.1 Å². The number of para-hydroxylation sites is 2. The summed E-state index contributed by atoms with van der Waals surface area (Å²) in [5, 5.41) is 5.57. The molecule has 0 aromatic heterocycles. The van der Waals surface area contributed by atoms with E-state index in [9.17, 15) is 9.59 Å². The number of carbonyl (C=O) groups is 2. The topological polar surface area (TPSA) is 70.7 Å². The molecule has 0 aliphatic carbocycles. The van der Waals surface area contributed by atoms with Crippen molar-refractivity contribution < 1.29 is 14.3 Å². The number of nitrogens with one attached hydrogen (secondary N) is 2. The quantitative estimate of drug-likeness (QED) is 0.753. The summed E-state index contributed by atoms with van der Waals surface area (Å²) < 4.78 is 5.18. The van der Waals surface area contributed by atoms with Gasteiger partial charge in [-0.3, -0.25) is 9.59 Å². The van der Waals surface area contributed by atoms with E-state index in [0.29, 0.717) is 18.0 Å². The zero-order valence-corrected chi connectivity index (χ0v) is 12.8. The van der Waals surface area contributed by atoms with Crippen LogP contribution in [-0.2, 0) is 9.59 Å². The minimum Gasteiger partial charge on any atom is -0.495 e. The number of amides is 2. The zero-order valence-electron chi connectivity index (χ0n) is 12.8. The van der Waals surface area contributed by atoms with Crippen LogP contribution in [0, 0.1) is 0 Å². The number of ether oxygens (including phenoxy) is 1. The van der Waals surface area contributed by atoms with Gasteiger partial charge in [0.2, 0.25) is 11.8 Å². The van der Waals surface area contributed by atoms with E-state index in [2.05, 4.69) is 10.6 Å². The average molecular weight is 293 g/mol. The molecular weight excluding hydrogens is 270 g/mol. The van der Waals surface area contributed by atoms with Gasteiger partial charge in [0.25, 0.3) is 0 Å². The normalized spacial score (nSPS) is 10.0. The van der Waals surface area contributed by atoms with E-state index in [-0.39, 0.29) is 24.9 Å². The molecule has 1 aromatic rings. The number of likely N-dealkylation sites (N-methyl/N-ethyl adjacent to an activating group) is 1. The number of methoxy groups -OCH3 is 1. The molecule has 0 fully saturated rings. The molecule has 1 aromatic carbocycles. The first-order valence-corrected chi connectivity index (χ1v) is 6.97. The summed E-state index contributed by atoms with van der Waals surface area (Å²) in [6.45, 7) is 2.78. The Morgan fingerprint density at radius 1 is 1.29 bits per heavy atom. The fraction of sp³-hybridized carbons (Fsp3) is 0.467. The van der Waals surface area contributed by atoms with Crippen LogP contribution in [0.4, 0.5) is 5.69 Å². The monoisotopic (exact) mass is 293 g/mol. The van der Waals surface area contributed by atoms with E-state index in [1.54, 1.807) is 31.2 Å². The van der Waals surface area contributed by atoms with Crippen LogP contribution in [0.25, 0.3) is 0 Å². The molecule has 0 unspecified atom stereocenters. The smallest absolute Gasteiger partial charge is 0.244 e. The summed E-state index contributed by atoms with van der Waals surface area (Å²) in [5.41, 5.74) is 0.600. The molecule has 0 atom stereocenters. The molecule has 6 nitrogen and oxygen atoms in total. The molecule has 2 N–H and O–H groups in total. The van der Waals surface area contributed by atoms with Gasteiger partial charge in [0.05, 0.1) is 25.9 Å². The van der Waals surface area contributed by atoms with Crippen molar-refractivity contribution >= 4 is 17.5 Å². The fourth-order valence-corrected chi connectivity index (χ4v) is 1.94. The van der Waals surface area contributed by atoms with Crippen molar-refractivity contribution in [3.8, 4) is 5.75 Å². The van der Waals surface area contributed by atoms with E-state index >= 15 is 0 Å². The zero-order chi connectivity index (χ0) is 15.7.